The van der Waals surface area contributed by atoms with E-state index in [-0.39, 0.29) is 43.3 Å². The zero-order valence-corrected chi connectivity index (χ0v) is 16.0. The van der Waals surface area contributed by atoms with E-state index >= 15 is 0 Å². The summed E-state index contributed by atoms with van der Waals surface area (Å²) in [6, 6.07) is 15.5. The van der Waals surface area contributed by atoms with E-state index in [1.807, 2.05) is 25.1 Å². The fraction of sp³-hybridized carbons (Fsp3) is 0.364. The van der Waals surface area contributed by atoms with E-state index in [9.17, 15) is 14.3 Å². The van der Waals surface area contributed by atoms with Gasteiger partial charge in [-0.3, -0.25) is 4.79 Å². The number of carbonyl (C=O) groups is 1. The van der Waals surface area contributed by atoms with Gasteiger partial charge in [-0.05, 0) is 25.0 Å². The summed E-state index contributed by atoms with van der Waals surface area (Å²) in [5.74, 6) is -0.693. The second-order valence-electron chi connectivity index (χ2n) is 7.12. The number of benzene rings is 2. The average molecular weight is 386 g/mol. The predicted octanol–water partition coefficient (Wildman–Crippen LogP) is 4.12. The Bertz CT molecular complexity index is 823. The maximum absolute atomic E-state index is 14.7. The Morgan fingerprint density at radius 3 is 2.56 bits per heavy atom. The minimum Gasteiger partial charge on any atom is -0.396 e. The highest BCUT2D eigenvalue weighted by molar-refractivity contribution is 7.80. The third-order valence-electron chi connectivity index (χ3n) is 5.45. The Kier molecular flexibility index (Phi) is 6.15. The van der Waals surface area contributed by atoms with E-state index in [0.717, 1.165) is 0 Å². The van der Waals surface area contributed by atoms with Crippen molar-refractivity contribution < 1.29 is 19.0 Å². The lowest BCUT2D eigenvalue weighted by molar-refractivity contribution is 0.0861. The summed E-state index contributed by atoms with van der Waals surface area (Å²) < 4.78 is 20.5. The quantitative estimate of drug-likeness (QED) is 0.574. The molecule has 1 saturated heterocycles. The van der Waals surface area contributed by atoms with Crippen LogP contribution < -0.4 is 0 Å². The molecule has 2 aromatic rings. The second kappa shape index (κ2) is 8.38. The molecule has 2 aromatic carbocycles. The van der Waals surface area contributed by atoms with Crippen molar-refractivity contribution in [3.63, 3.8) is 0 Å². The SMILES string of the molecule is C[C@H]1OC[C@@](CC(=S)CC(=O)c2ccccc2)(c2ccccc2F)[C@@H]1CO. The molecule has 0 aliphatic carbocycles. The number of halogens is 1. The zero-order chi connectivity index (χ0) is 19.4. The number of ketones is 1. The number of rotatable bonds is 7. The molecule has 3 rings (SSSR count). The van der Waals surface area contributed by atoms with Crippen LogP contribution in [-0.2, 0) is 10.2 Å². The van der Waals surface area contributed by atoms with Gasteiger partial charge >= 0.3 is 0 Å². The number of aliphatic hydroxyl groups is 1. The lowest BCUT2D eigenvalue weighted by Gasteiger charge is -2.35. The zero-order valence-electron chi connectivity index (χ0n) is 15.2. The van der Waals surface area contributed by atoms with Crippen LogP contribution in [0, 0.1) is 11.7 Å². The van der Waals surface area contributed by atoms with Gasteiger partial charge in [-0.25, -0.2) is 4.39 Å². The number of hydrogen-bond acceptors (Lipinski definition) is 4. The molecule has 1 fully saturated rings. The third-order valence-corrected chi connectivity index (χ3v) is 5.74. The highest BCUT2D eigenvalue weighted by atomic mass is 32.1. The molecular weight excluding hydrogens is 363 g/mol. The van der Waals surface area contributed by atoms with Gasteiger partial charge in [-0.1, -0.05) is 60.7 Å². The smallest absolute Gasteiger partial charge is 0.167 e. The minimum absolute atomic E-state index is 0.0585. The number of hydrogen-bond donors (Lipinski definition) is 1. The van der Waals surface area contributed by atoms with Crippen molar-refractivity contribution in [2.24, 2.45) is 5.92 Å². The summed E-state index contributed by atoms with van der Waals surface area (Å²) in [6.07, 6.45) is 0.210. The van der Waals surface area contributed by atoms with Crippen LogP contribution in [0.15, 0.2) is 54.6 Å². The molecule has 0 aromatic heterocycles. The Hall–Kier alpha value is -1.95. The fourth-order valence-electron chi connectivity index (χ4n) is 4.02. The summed E-state index contributed by atoms with van der Waals surface area (Å²) in [4.78, 5) is 13.1. The Labute approximate surface area is 164 Å². The van der Waals surface area contributed by atoms with Gasteiger partial charge in [-0.2, -0.15) is 0 Å². The number of carbonyl (C=O) groups excluding carboxylic acids is 1. The van der Waals surface area contributed by atoms with Gasteiger partial charge in [0.2, 0.25) is 0 Å². The van der Waals surface area contributed by atoms with Gasteiger partial charge in [0.15, 0.2) is 5.78 Å². The molecule has 3 nitrogen and oxygen atoms in total. The van der Waals surface area contributed by atoms with Gasteiger partial charge in [0.1, 0.15) is 5.82 Å². The molecule has 0 radical (unpaired) electrons. The maximum atomic E-state index is 14.7. The van der Waals surface area contributed by atoms with Crippen molar-refractivity contribution in [2.75, 3.05) is 13.2 Å². The monoisotopic (exact) mass is 386 g/mol. The van der Waals surface area contributed by atoms with Gasteiger partial charge < -0.3 is 9.84 Å². The average Bonchev–Trinajstić information content (AvgIpc) is 2.98. The van der Waals surface area contributed by atoms with Crippen LogP contribution in [0.4, 0.5) is 4.39 Å². The molecule has 0 bridgehead atoms. The maximum Gasteiger partial charge on any atom is 0.167 e. The van der Waals surface area contributed by atoms with Crippen LogP contribution in [0.3, 0.4) is 0 Å². The van der Waals surface area contributed by atoms with Crippen LogP contribution in [0.1, 0.15) is 35.7 Å². The van der Waals surface area contributed by atoms with Crippen LogP contribution in [-0.4, -0.2) is 35.1 Å². The minimum atomic E-state index is -0.770. The summed E-state index contributed by atoms with van der Waals surface area (Å²) >= 11 is 5.54. The third kappa shape index (κ3) is 4.00. The number of Topliss-reactive ketones (excluding diaryl/α,β-unsaturated/α-hetero) is 1. The molecule has 27 heavy (non-hydrogen) atoms. The van der Waals surface area contributed by atoms with Crippen molar-refractivity contribution in [1.29, 1.82) is 0 Å². The number of aliphatic hydroxyl groups excluding tert-OH is 1. The summed E-state index contributed by atoms with van der Waals surface area (Å²) in [6.45, 7) is 2.01. The van der Waals surface area contributed by atoms with E-state index in [1.165, 1.54) is 6.07 Å². The Balaban J connectivity index is 1.88. The summed E-state index contributed by atoms with van der Waals surface area (Å²) in [7, 11) is 0. The predicted molar refractivity (Wildman–Crippen MR) is 107 cm³/mol. The standard InChI is InChI=1S/C22H23FO3S/c1-15-19(13-24)22(14-26-15,18-9-5-6-10-20(18)23)12-17(27)11-21(25)16-7-3-2-4-8-16/h2-10,15,19,24H,11-14H2,1H3/t15-,19-,22+/m1/s1. The highest BCUT2D eigenvalue weighted by Crippen LogP contribution is 2.45. The first kappa shape index (κ1) is 19.8. The largest absolute Gasteiger partial charge is 0.396 e. The van der Waals surface area contributed by atoms with Gasteiger partial charge in [-0.15, -0.1) is 0 Å². The first-order valence-corrected chi connectivity index (χ1v) is 9.46. The van der Waals surface area contributed by atoms with Crippen molar-refractivity contribution >= 4 is 22.9 Å². The lowest BCUT2D eigenvalue weighted by Crippen LogP contribution is -2.41. The molecular formula is C22H23FO3S. The molecule has 1 aliphatic rings. The topological polar surface area (TPSA) is 46.5 Å². The van der Waals surface area contributed by atoms with Crippen LogP contribution in [0.5, 0.6) is 0 Å². The summed E-state index contributed by atoms with van der Waals surface area (Å²) in [5, 5.41) is 9.98. The molecule has 1 heterocycles. The van der Waals surface area contributed by atoms with E-state index in [0.29, 0.717) is 22.4 Å². The number of ether oxygens (including phenoxy) is 1. The Morgan fingerprint density at radius 1 is 1.22 bits per heavy atom. The first-order valence-electron chi connectivity index (χ1n) is 9.05. The molecule has 1 aliphatic heterocycles. The van der Waals surface area contributed by atoms with Crippen molar-refractivity contribution in [1.82, 2.24) is 0 Å². The van der Waals surface area contributed by atoms with Crippen molar-refractivity contribution in [3.05, 3.63) is 71.5 Å². The highest BCUT2D eigenvalue weighted by Gasteiger charge is 2.50. The molecule has 0 spiro atoms. The van der Waals surface area contributed by atoms with Gasteiger partial charge in [0, 0.05) is 34.8 Å². The molecule has 0 amide bonds. The van der Waals surface area contributed by atoms with Crippen molar-refractivity contribution in [3.8, 4) is 0 Å². The van der Waals surface area contributed by atoms with Crippen LogP contribution in [0.25, 0.3) is 0 Å². The summed E-state index contributed by atoms with van der Waals surface area (Å²) in [5.41, 5.74) is 0.325. The van der Waals surface area contributed by atoms with E-state index in [1.54, 1.807) is 30.3 Å². The van der Waals surface area contributed by atoms with Gasteiger partial charge in [0.25, 0.3) is 0 Å². The van der Waals surface area contributed by atoms with Crippen LogP contribution in [0.2, 0.25) is 0 Å². The van der Waals surface area contributed by atoms with Gasteiger partial charge in [0.05, 0.1) is 12.7 Å². The molecule has 3 atom stereocenters. The van der Waals surface area contributed by atoms with E-state index in [2.05, 4.69) is 0 Å². The molecule has 0 saturated carbocycles. The lowest BCUT2D eigenvalue weighted by atomic mass is 9.67. The molecule has 5 heteroatoms. The first-order chi connectivity index (χ1) is 13.0. The van der Waals surface area contributed by atoms with E-state index in [4.69, 9.17) is 17.0 Å². The Morgan fingerprint density at radius 2 is 1.89 bits per heavy atom. The fourth-order valence-corrected chi connectivity index (χ4v) is 4.40. The van der Waals surface area contributed by atoms with E-state index < -0.39 is 5.41 Å². The van der Waals surface area contributed by atoms with Crippen LogP contribution >= 0.6 is 12.2 Å². The van der Waals surface area contributed by atoms with Crippen molar-refractivity contribution in [2.45, 2.75) is 31.3 Å². The normalized spacial score (nSPS) is 24.7. The second-order valence-corrected chi connectivity index (χ2v) is 7.70. The molecule has 0 unspecified atom stereocenters. The number of thiocarbonyl (C=S) groups is 1. The molecule has 1 N–H and O–H groups in total. The molecule has 142 valence electrons.